The predicted octanol–water partition coefficient (Wildman–Crippen LogP) is 5.01. The molecular weight excluding hydrogens is 337 g/mol. The Balaban J connectivity index is 1.96. The molecule has 0 bridgehead atoms. The Morgan fingerprint density at radius 3 is 2.44 bits per heavy atom. The summed E-state index contributed by atoms with van der Waals surface area (Å²) in [5, 5.41) is -0.558. The summed E-state index contributed by atoms with van der Waals surface area (Å²) in [6, 6.07) is 17.7. The average Bonchev–Trinajstić information content (AvgIpc) is 3.15. The van der Waals surface area contributed by atoms with Gasteiger partial charge in [0.15, 0.2) is 0 Å². The molecule has 0 saturated heterocycles. The van der Waals surface area contributed by atoms with Gasteiger partial charge in [-0.05, 0) is 48.9 Å². The summed E-state index contributed by atoms with van der Waals surface area (Å²) in [7, 11) is 0. The number of halogens is 1. The summed E-state index contributed by atoms with van der Waals surface area (Å²) in [5.74, 6) is -0.662. The fourth-order valence-electron chi connectivity index (χ4n) is 2.50. The number of esters is 1. The third kappa shape index (κ3) is 4.12. The first-order valence-electron chi connectivity index (χ1n) is 8.00. The number of rotatable bonds is 6. The lowest BCUT2D eigenvalue weighted by Gasteiger charge is -2.18. The van der Waals surface area contributed by atoms with E-state index in [0.29, 0.717) is 12.2 Å². The second-order valence-electron chi connectivity index (χ2n) is 5.36. The zero-order valence-corrected chi connectivity index (χ0v) is 14.6. The van der Waals surface area contributed by atoms with E-state index in [4.69, 9.17) is 4.74 Å². The highest BCUT2D eigenvalue weighted by Crippen LogP contribution is 2.39. The van der Waals surface area contributed by atoms with E-state index >= 15 is 0 Å². The zero-order valence-electron chi connectivity index (χ0n) is 13.8. The molecule has 0 fully saturated rings. The SMILES string of the molecule is CCOC(=O)C(Sc1ccccc1-n1cccc1)c1ccc(F)cc1. The van der Waals surface area contributed by atoms with Crippen molar-refractivity contribution in [3.63, 3.8) is 0 Å². The molecule has 1 unspecified atom stereocenters. The second-order valence-corrected chi connectivity index (χ2v) is 6.51. The number of hydrogen-bond acceptors (Lipinski definition) is 3. The molecule has 0 saturated carbocycles. The summed E-state index contributed by atoms with van der Waals surface area (Å²) in [5.41, 5.74) is 1.70. The molecule has 0 N–H and O–H groups in total. The Hall–Kier alpha value is -2.53. The predicted molar refractivity (Wildman–Crippen MR) is 97.4 cm³/mol. The number of hydrogen-bond donors (Lipinski definition) is 0. The minimum absolute atomic E-state index is 0.302. The first kappa shape index (κ1) is 17.3. The lowest BCUT2D eigenvalue weighted by molar-refractivity contribution is -0.142. The van der Waals surface area contributed by atoms with E-state index in [2.05, 4.69) is 0 Å². The van der Waals surface area contributed by atoms with Crippen molar-refractivity contribution in [2.75, 3.05) is 6.61 Å². The number of thioether (sulfide) groups is 1. The van der Waals surface area contributed by atoms with Gasteiger partial charge in [0.1, 0.15) is 11.1 Å². The summed E-state index contributed by atoms with van der Waals surface area (Å²) >= 11 is 1.40. The standard InChI is InChI=1S/C20H18FNO2S/c1-2-24-20(23)19(15-9-11-16(21)12-10-15)25-18-8-4-3-7-17(18)22-13-5-6-14-22/h3-14,19H,2H2,1H3. The second kappa shape index (κ2) is 8.03. The van der Waals surface area contributed by atoms with Gasteiger partial charge in [-0.15, -0.1) is 11.8 Å². The van der Waals surface area contributed by atoms with Crippen LogP contribution < -0.4 is 0 Å². The van der Waals surface area contributed by atoms with Crippen LogP contribution in [0.4, 0.5) is 4.39 Å². The third-order valence-corrected chi connectivity index (χ3v) is 4.97. The van der Waals surface area contributed by atoms with Gasteiger partial charge in [0.25, 0.3) is 0 Å². The zero-order chi connectivity index (χ0) is 17.6. The summed E-state index contributed by atoms with van der Waals surface area (Å²) in [4.78, 5) is 13.4. The van der Waals surface area contributed by atoms with Gasteiger partial charge in [-0.3, -0.25) is 4.79 Å². The number of aromatic nitrogens is 1. The van der Waals surface area contributed by atoms with Crippen molar-refractivity contribution in [1.82, 2.24) is 4.57 Å². The Bertz CT molecular complexity index is 831. The Morgan fingerprint density at radius 1 is 1.08 bits per heavy atom. The first-order chi connectivity index (χ1) is 12.2. The Kier molecular flexibility index (Phi) is 5.56. The van der Waals surface area contributed by atoms with Crippen LogP contribution in [-0.4, -0.2) is 17.1 Å². The van der Waals surface area contributed by atoms with Crippen molar-refractivity contribution in [2.45, 2.75) is 17.1 Å². The molecule has 0 radical (unpaired) electrons. The van der Waals surface area contributed by atoms with Crippen LogP contribution in [0.3, 0.4) is 0 Å². The fraction of sp³-hybridized carbons (Fsp3) is 0.150. The van der Waals surface area contributed by atoms with Crippen molar-refractivity contribution < 1.29 is 13.9 Å². The van der Waals surface area contributed by atoms with E-state index in [9.17, 15) is 9.18 Å². The maximum Gasteiger partial charge on any atom is 0.323 e. The molecule has 0 aliphatic heterocycles. The summed E-state index contributed by atoms with van der Waals surface area (Å²) in [6.45, 7) is 2.08. The van der Waals surface area contributed by atoms with Crippen molar-refractivity contribution in [1.29, 1.82) is 0 Å². The van der Waals surface area contributed by atoms with Crippen molar-refractivity contribution >= 4 is 17.7 Å². The van der Waals surface area contributed by atoms with E-state index in [0.717, 1.165) is 10.6 Å². The molecule has 1 atom stereocenters. The average molecular weight is 355 g/mol. The van der Waals surface area contributed by atoms with E-state index in [-0.39, 0.29) is 11.8 Å². The number of nitrogens with zero attached hydrogens (tertiary/aromatic N) is 1. The molecular formula is C20H18FNO2S. The topological polar surface area (TPSA) is 31.2 Å². The maximum atomic E-state index is 13.2. The summed E-state index contributed by atoms with van der Waals surface area (Å²) < 4.78 is 20.5. The molecule has 0 aliphatic rings. The van der Waals surface area contributed by atoms with Gasteiger partial charge >= 0.3 is 5.97 Å². The quantitative estimate of drug-likeness (QED) is 0.460. The molecule has 0 aliphatic carbocycles. The molecule has 128 valence electrons. The molecule has 2 aromatic carbocycles. The van der Waals surface area contributed by atoms with Crippen molar-refractivity contribution in [3.05, 3.63) is 84.4 Å². The van der Waals surface area contributed by atoms with E-state index in [1.165, 1.54) is 23.9 Å². The van der Waals surface area contributed by atoms with Gasteiger partial charge in [-0.2, -0.15) is 0 Å². The summed E-state index contributed by atoms with van der Waals surface area (Å²) in [6.07, 6.45) is 3.91. The van der Waals surface area contributed by atoms with Crippen LogP contribution in [0, 0.1) is 5.82 Å². The van der Waals surface area contributed by atoms with Crippen LogP contribution in [0.2, 0.25) is 0 Å². The van der Waals surface area contributed by atoms with Crippen LogP contribution in [0.5, 0.6) is 0 Å². The van der Waals surface area contributed by atoms with Gasteiger partial charge in [0.05, 0.1) is 12.3 Å². The lowest BCUT2D eigenvalue weighted by Crippen LogP contribution is -2.13. The smallest absolute Gasteiger partial charge is 0.323 e. The van der Waals surface area contributed by atoms with Gasteiger partial charge in [-0.25, -0.2) is 4.39 Å². The van der Waals surface area contributed by atoms with E-state index in [1.807, 2.05) is 53.4 Å². The molecule has 25 heavy (non-hydrogen) atoms. The van der Waals surface area contributed by atoms with Gasteiger partial charge in [-0.1, -0.05) is 24.3 Å². The molecule has 0 spiro atoms. The van der Waals surface area contributed by atoms with Gasteiger partial charge in [0, 0.05) is 17.3 Å². The highest BCUT2D eigenvalue weighted by molar-refractivity contribution is 8.00. The van der Waals surface area contributed by atoms with Crippen LogP contribution >= 0.6 is 11.8 Å². The van der Waals surface area contributed by atoms with Gasteiger partial charge in [0.2, 0.25) is 0 Å². The normalized spacial score (nSPS) is 11.9. The number of ether oxygens (including phenoxy) is 1. The lowest BCUT2D eigenvalue weighted by atomic mass is 10.1. The molecule has 0 amide bonds. The van der Waals surface area contributed by atoms with Crippen LogP contribution in [0.1, 0.15) is 17.7 Å². The Labute approximate surface area is 150 Å². The number of carbonyl (C=O) groups is 1. The molecule has 3 rings (SSSR count). The van der Waals surface area contributed by atoms with Crippen LogP contribution in [0.25, 0.3) is 5.69 Å². The number of para-hydroxylation sites is 1. The molecule has 1 heterocycles. The highest BCUT2D eigenvalue weighted by atomic mass is 32.2. The maximum absolute atomic E-state index is 13.2. The van der Waals surface area contributed by atoms with E-state index in [1.54, 1.807) is 19.1 Å². The number of carbonyl (C=O) groups excluding carboxylic acids is 1. The number of benzene rings is 2. The molecule has 1 aromatic heterocycles. The molecule has 3 nitrogen and oxygen atoms in total. The fourth-order valence-corrected chi connectivity index (χ4v) is 3.66. The molecule has 3 aromatic rings. The monoisotopic (exact) mass is 355 g/mol. The first-order valence-corrected chi connectivity index (χ1v) is 8.88. The van der Waals surface area contributed by atoms with Gasteiger partial charge < -0.3 is 9.30 Å². The van der Waals surface area contributed by atoms with Crippen LogP contribution in [0.15, 0.2) is 78.0 Å². The third-order valence-electron chi connectivity index (χ3n) is 3.67. The van der Waals surface area contributed by atoms with Crippen molar-refractivity contribution in [2.24, 2.45) is 0 Å². The minimum Gasteiger partial charge on any atom is -0.465 e. The van der Waals surface area contributed by atoms with Crippen LogP contribution in [-0.2, 0) is 9.53 Å². The Morgan fingerprint density at radius 2 is 1.76 bits per heavy atom. The minimum atomic E-state index is -0.558. The molecule has 5 heteroatoms. The van der Waals surface area contributed by atoms with E-state index < -0.39 is 5.25 Å². The van der Waals surface area contributed by atoms with Crippen molar-refractivity contribution in [3.8, 4) is 5.69 Å². The highest BCUT2D eigenvalue weighted by Gasteiger charge is 2.24. The largest absolute Gasteiger partial charge is 0.465 e.